The molecule has 1 rings (SSSR count). The molecule has 0 spiro atoms. The van der Waals surface area contributed by atoms with Crippen LogP contribution in [0.25, 0.3) is 0 Å². The summed E-state index contributed by atoms with van der Waals surface area (Å²) in [6.07, 6.45) is 10.6. The predicted molar refractivity (Wildman–Crippen MR) is 81.1 cm³/mol. The lowest BCUT2D eigenvalue weighted by atomic mass is 9.88. The van der Waals surface area contributed by atoms with E-state index in [1.807, 2.05) is 0 Å². The van der Waals surface area contributed by atoms with Crippen molar-refractivity contribution in [3.8, 4) is 0 Å². The molecule has 1 atom stereocenters. The highest BCUT2D eigenvalue weighted by Crippen LogP contribution is 2.24. The maximum atomic E-state index is 12.4. The minimum absolute atomic E-state index is 0.0387. The summed E-state index contributed by atoms with van der Waals surface area (Å²) in [5, 5.41) is 4.24. The van der Waals surface area contributed by atoms with Gasteiger partial charge in [-0.2, -0.15) is 0 Å². The molecule has 0 radical (unpaired) electrons. The minimum Gasteiger partial charge on any atom is -0.351 e. The summed E-state index contributed by atoms with van der Waals surface area (Å²) in [5.74, 6) is 0.550. The van der Waals surface area contributed by atoms with Crippen molar-refractivity contribution in [2.24, 2.45) is 5.92 Å². The minimum atomic E-state index is -0.0387. The third-order valence-corrected chi connectivity index (χ3v) is 4.72. The van der Waals surface area contributed by atoms with Gasteiger partial charge in [-0.25, -0.2) is 0 Å². The van der Waals surface area contributed by atoms with Crippen LogP contribution in [0, 0.1) is 5.92 Å². The molecule has 0 heterocycles. The second-order valence-electron chi connectivity index (χ2n) is 5.88. The van der Waals surface area contributed by atoms with Crippen LogP contribution < -0.4 is 5.32 Å². The lowest BCUT2D eigenvalue weighted by Crippen LogP contribution is -2.48. The van der Waals surface area contributed by atoms with E-state index in [2.05, 4.69) is 35.1 Å². The van der Waals surface area contributed by atoms with E-state index in [9.17, 15) is 4.79 Å². The summed E-state index contributed by atoms with van der Waals surface area (Å²) < 4.78 is 0. The van der Waals surface area contributed by atoms with Gasteiger partial charge in [-0.1, -0.05) is 55.0 Å². The van der Waals surface area contributed by atoms with Crippen LogP contribution in [0.3, 0.4) is 0 Å². The molecule has 0 bridgehead atoms. The molecule has 1 amide bonds. The first-order valence-electron chi connectivity index (χ1n) is 7.49. The summed E-state index contributed by atoms with van der Waals surface area (Å²) in [5.41, 5.74) is -0.0387. The van der Waals surface area contributed by atoms with Crippen molar-refractivity contribution >= 4 is 21.8 Å². The molecule has 106 valence electrons. The van der Waals surface area contributed by atoms with Gasteiger partial charge in [-0.15, -0.1) is 0 Å². The molecule has 1 unspecified atom stereocenters. The van der Waals surface area contributed by atoms with E-state index in [1.54, 1.807) is 0 Å². The molecule has 1 fully saturated rings. The van der Waals surface area contributed by atoms with Gasteiger partial charge in [-0.05, 0) is 32.6 Å². The molecule has 1 N–H and O–H groups in total. The van der Waals surface area contributed by atoms with E-state index in [-0.39, 0.29) is 11.5 Å². The number of amides is 1. The summed E-state index contributed by atoms with van der Waals surface area (Å²) in [6, 6.07) is 0. The SMILES string of the molecule is CCC(C)(CCBr)NC(=O)C1CCCCCCC1. The molecule has 18 heavy (non-hydrogen) atoms. The fraction of sp³-hybridized carbons (Fsp3) is 0.933. The Hall–Kier alpha value is -0.0500. The first kappa shape index (κ1) is 16.0. The van der Waals surface area contributed by atoms with Crippen molar-refractivity contribution in [1.82, 2.24) is 5.32 Å². The summed E-state index contributed by atoms with van der Waals surface area (Å²) in [4.78, 5) is 12.4. The van der Waals surface area contributed by atoms with E-state index in [4.69, 9.17) is 0 Å². The van der Waals surface area contributed by atoms with E-state index >= 15 is 0 Å². The molecule has 3 heteroatoms. The number of halogens is 1. The second-order valence-corrected chi connectivity index (χ2v) is 6.68. The first-order chi connectivity index (χ1) is 8.61. The number of alkyl halides is 1. The Balaban J connectivity index is 2.50. The van der Waals surface area contributed by atoms with Crippen molar-refractivity contribution in [3.63, 3.8) is 0 Å². The maximum absolute atomic E-state index is 12.4. The van der Waals surface area contributed by atoms with Crippen LogP contribution in [0.5, 0.6) is 0 Å². The quantitative estimate of drug-likeness (QED) is 0.747. The highest BCUT2D eigenvalue weighted by Gasteiger charge is 2.27. The largest absolute Gasteiger partial charge is 0.351 e. The zero-order chi connectivity index (χ0) is 13.4. The average molecular weight is 318 g/mol. The lowest BCUT2D eigenvalue weighted by molar-refractivity contribution is -0.127. The number of rotatable bonds is 5. The molecule has 0 aromatic rings. The fourth-order valence-corrected chi connectivity index (χ4v) is 3.53. The third kappa shape index (κ3) is 5.29. The molecule has 1 aliphatic rings. The highest BCUT2D eigenvalue weighted by molar-refractivity contribution is 9.09. The molecular formula is C15H28BrNO. The monoisotopic (exact) mass is 317 g/mol. The Kier molecular flexibility index (Phi) is 7.28. The van der Waals surface area contributed by atoms with Gasteiger partial charge in [0.2, 0.25) is 5.91 Å². The van der Waals surface area contributed by atoms with Gasteiger partial charge in [0.15, 0.2) is 0 Å². The Labute approximate surface area is 120 Å². The summed E-state index contributed by atoms with van der Waals surface area (Å²) in [6.45, 7) is 4.32. The molecule has 1 saturated carbocycles. The van der Waals surface area contributed by atoms with E-state index in [0.29, 0.717) is 5.91 Å². The van der Waals surface area contributed by atoms with Gasteiger partial charge in [-0.3, -0.25) is 4.79 Å². The molecule has 0 aliphatic heterocycles. The zero-order valence-corrected chi connectivity index (χ0v) is 13.5. The smallest absolute Gasteiger partial charge is 0.223 e. The van der Waals surface area contributed by atoms with E-state index in [0.717, 1.165) is 31.0 Å². The van der Waals surface area contributed by atoms with E-state index < -0.39 is 0 Å². The molecular weight excluding hydrogens is 290 g/mol. The number of carbonyl (C=O) groups is 1. The first-order valence-corrected chi connectivity index (χ1v) is 8.61. The third-order valence-electron chi connectivity index (χ3n) is 4.33. The van der Waals surface area contributed by atoms with Crippen molar-refractivity contribution in [2.75, 3.05) is 5.33 Å². The van der Waals surface area contributed by atoms with Gasteiger partial charge in [0.1, 0.15) is 0 Å². The highest BCUT2D eigenvalue weighted by atomic mass is 79.9. The zero-order valence-electron chi connectivity index (χ0n) is 11.9. The van der Waals surface area contributed by atoms with Crippen LogP contribution in [0.4, 0.5) is 0 Å². The number of hydrogen-bond donors (Lipinski definition) is 1. The summed E-state index contributed by atoms with van der Waals surface area (Å²) in [7, 11) is 0. The van der Waals surface area contributed by atoms with Gasteiger partial charge < -0.3 is 5.32 Å². The average Bonchev–Trinajstić information content (AvgIpc) is 2.28. The van der Waals surface area contributed by atoms with Crippen molar-refractivity contribution in [1.29, 1.82) is 0 Å². The van der Waals surface area contributed by atoms with Crippen LogP contribution in [-0.4, -0.2) is 16.8 Å². The maximum Gasteiger partial charge on any atom is 0.223 e. The van der Waals surface area contributed by atoms with Gasteiger partial charge >= 0.3 is 0 Å². The van der Waals surface area contributed by atoms with Crippen molar-refractivity contribution < 1.29 is 4.79 Å². The van der Waals surface area contributed by atoms with Crippen LogP contribution in [0.15, 0.2) is 0 Å². The Morgan fingerprint density at radius 1 is 1.22 bits per heavy atom. The van der Waals surface area contributed by atoms with Gasteiger partial charge in [0.05, 0.1) is 0 Å². The van der Waals surface area contributed by atoms with Gasteiger partial charge in [0.25, 0.3) is 0 Å². The Morgan fingerprint density at radius 2 is 1.78 bits per heavy atom. The Morgan fingerprint density at radius 3 is 2.28 bits per heavy atom. The van der Waals surface area contributed by atoms with Crippen molar-refractivity contribution in [2.45, 2.75) is 77.2 Å². The van der Waals surface area contributed by atoms with Crippen LogP contribution in [0.2, 0.25) is 0 Å². The molecule has 0 saturated heterocycles. The number of carbonyl (C=O) groups excluding carboxylic acids is 1. The fourth-order valence-electron chi connectivity index (χ4n) is 2.65. The molecule has 0 aromatic carbocycles. The second kappa shape index (κ2) is 8.19. The molecule has 0 aromatic heterocycles. The van der Waals surface area contributed by atoms with Gasteiger partial charge in [0, 0.05) is 16.8 Å². The van der Waals surface area contributed by atoms with Crippen LogP contribution >= 0.6 is 15.9 Å². The topological polar surface area (TPSA) is 29.1 Å². The number of nitrogens with one attached hydrogen (secondary N) is 1. The van der Waals surface area contributed by atoms with Crippen LogP contribution in [-0.2, 0) is 4.79 Å². The van der Waals surface area contributed by atoms with Crippen molar-refractivity contribution in [3.05, 3.63) is 0 Å². The molecule has 2 nitrogen and oxygen atoms in total. The normalized spacial score (nSPS) is 21.7. The molecule has 1 aliphatic carbocycles. The number of hydrogen-bond acceptors (Lipinski definition) is 1. The standard InChI is InChI=1S/C15H28BrNO/c1-3-15(2,11-12-16)17-14(18)13-9-7-5-4-6-8-10-13/h13H,3-12H2,1-2H3,(H,17,18). The van der Waals surface area contributed by atoms with E-state index in [1.165, 1.54) is 32.1 Å². The Bertz CT molecular complexity index is 249. The summed E-state index contributed by atoms with van der Waals surface area (Å²) >= 11 is 3.48. The van der Waals surface area contributed by atoms with Crippen LogP contribution in [0.1, 0.15) is 71.6 Å². The predicted octanol–water partition coefficient (Wildman–Crippen LogP) is 4.42. The lowest BCUT2D eigenvalue weighted by Gasteiger charge is -2.31.